The van der Waals surface area contributed by atoms with Crippen molar-refractivity contribution in [2.75, 3.05) is 7.11 Å². The van der Waals surface area contributed by atoms with Crippen LogP contribution in [0.3, 0.4) is 0 Å². The third kappa shape index (κ3) is 4.95. The van der Waals surface area contributed by atoms with Gasteiger partial charge in [0.25, 0.3) is 5.91 Å². The summed E-state index contributed by atoms with van der Waals surface area (Å²) in [4.78, 5) is 16.6. The van der Waals surface area contributed by atoms with Gasteiger partial charge in [-0.3, -0.25) is 4.79 Å². The van der Waals surface area contributed by atoms with Gasteiger partial charge in [0, 0.05) is 10.9 Å². The Bertz CT molecular complexity index is 998. The van der Waals surface area contributed by atoms with Gasteiger partial charge in [0.1, 0.15) is 6.61 Å². The highest BCUT2D eigenvalue weighted by Gasteiger charge is 2.08. The highest BCUT2D eigenvalue weighted by atomic mass is 32.1. The zero-order valence-corrected chi connectivity index (χ0v) is 16.7. The Kier molecular flexibility index (Phi) is 6.39. The summed E-state index contributed by atoms with van der Waals surface area (Å²) in [5.41, 5.74) is 5.69. The minimum absolute atomic E-state index is 0.250. The van der Waals surface area contributed by atoms with Crippen LogP contribution in [0.1, 0.15) is 32.2 Å². The molecule has 7 heteroatoms. The van der Waals surface area contributed by atoms with Crippen molar-refractivity contribution in [3.63, 3.8) is 0 Å². The topological polar surface area (TPSA) is 72.8 Å². The molecule has 0 bridgehead atoms. The van der Waals surface area contributed by atoms with E-state index in [1.54, 1.807) is 36.8 Å². The van der Waals surface area contributed by atoms with Gasteiger partial charge in [-0.2, -0.15) is 5.10 Å². The summed E-state index contributed by atoms with van der Waals surface area (Å²) in [6, 6.07) is 12.8. The van der Waals surface area contributed by atoms with Gasteiger partial charge in [-0.05, 0) is 49.2 Å². The van der Waals surface area contributed by atoms with Gasteiger partial charge < -0.3 is 9.47 Å². The number of hydrogen-bond donors (Lipinski definition) is 1. The molecule has 0 fully saturated rings. The minimum atomic E-state index is -0.250. The first-order chi connectivity index (χ1) is 13.6. The highest BCUT2D eigenvalue weighted by Crippen LogP contribution is 2.28. The second kappa shape index (κ2) is 9.14. The summed E-state index contributed by atoms with van der Waals surface area (Å²) in [5.74, 6) is 0.954. The van der Waals surface area contributed by atoms with Crippen LogP contribution in [0.2, 0.25) is 0 Å². The molecule has 0 aliphatic carbocycles. The van der Waals surface area contributed by atoms with E-state index in [0.717, 1.165) is 21.8 Å². The van der Waals surface area contributed by atoms with E-state index < -0.39 is 0 Å². The lowest BCUT2D eigenvalue weighted by atomic mass is 10.1. The van der Waals surface area contributed by atoms with Gasteiger partial charge in [-0.1, -0.05) is 18.2 Å². The van der Waals surface area contributed by atoms with Crippen molar-refractivity contribution in [1.82, 2.24) is 10.4 Å². The number of amides is 1. The van der Waals surface area contributed by atoms with E-state index in [9.17, 15) is 4.79 Å². The van der Waals surface area contributed by atoms with Crippen molar-refractivity contribution >= 4 is 23.5 Å². The van der Waals surface area contributed by atoms with Crippen LogP contribution in [-0.2, 0) is 6.61 Å². The smallest absolute Gasteiger partial charge is 0.271 e. The molecule has 0 unspecified atom stereocenters. The van der Waals surface area contributed by atoms with E-state index >= 15 is 0 Å². The normalized spacial score (nSPS) is 10.8. The minimum Gasteiger partial charge on any atom is -0.493 e. The number of nitrogens with one attached hydrogen (secondary N) is 1. The van der Waals surface area contributed by atoms with Crippen molar-refractivity contribution in [3.8, 4) is 11.5 Å². The number of methoxy groups -OCH3 is 1. The fourth-order valence-corrected chi connectivity index (χ4v) is 3.16. The number of nitrogens with zero attached hydrogens (tertiary/aromatic N) is 2. The number of carbonyl (C=O) groups excluding carboxylic acids is 1. The quantitative estimate of drug-likeness (QED) is 0.483. The first-order valence-corrected chi connectivity index (χ1v) is 9.55. The molecule has 1 N–H and O–H groups in total. The monoisotopic (exact) mass is 395 g/mol. The maximum atomic E-state index is 12.2. The first kappa shape index (κ1) is 19.6. The van der Waals surface area contributed by atoms with E-state index in [0.29, 0.717) is 23.7 Å². The molecule has 3 rings (SSSR count). The molecular weight excluding hydrogens is 374 g/mol. The molecule has 0 aliphatic rings. The van der Waals surface area contributed by atoms with E-state index in [4.69, 9.17) is 9.47 Å². The predicted octanol–water partition coefficient (Wildman–Crippen LogP) is 4.11. The highest BCUT2D eigenvalue weighted by molar-refractivity contribution is 7.09. The van der Waals surface area contributed by atoms with Gasteiger partial charge >= 0.3 is 0 Å². The van der Waals surface area contributed by atoms with Crippen molar-refractivity contribution in [2.45, 2.75) is 20.5 Å². The van der Waals surface area contributed by atoms with Crippen molar-refractivity contribution < 1.29 is 14.3 Å². The molecule has 3 aromatic rings. The molecule has 0 saturated heterocycles. The molecule has 0 aliphatic heterocycles. The van der Waals surface area contributed by atoms with Gasteiger partial charge in [-0.25, -0.2) is 10.4 Å². The third-order valence-electron chi connectivity index (χ3n) is 4.00. The fraction of sp³-hybridized carbons (Fsp3) is 0.190. The summed E-state index contributed by atoms with van der Waals surface area (Å²) < 4.78 is 11.2. The predicted molar refractivity (Wildman–Crippen MR) is 110 cm³/mol. The van der Waals surface area contributed by atoms with E-state index in [2.05, 4.69) is 15.5 Å². The number of aryl methyl sites for hydroxylation is 2. The molecular formula is C21H21N3O3S. The molecule has 144 valence electrons. The Balaban J connectivity index is 1.63. The third-order valence-corrected chi connectivity index (χ3v) is 4.82. The maximum Gasteiger partial charge on any atom is 0.271 e. The Labute approximate surface area is 167 Å². The molecule has 0 saturated carbocycles. The Morgan fingerprint density at radius 1 is 1.21 bits per heavy atom. The standard InChI is InChI=1S/C21H21N3O3S/c1-14-6-4-5-7-18(14)21(25)24-22-11-16-8-9-19(20(10-16)26-3)27-12-17-13-28-15(2)23-17/h4-11,13H,12H2,1-3H3,(H,24,25)/b22-11-. The largest absolute Gasteiger partial charge is 0.493 e. The van der Waals surface area contributed by atoms with Crippen LogP contribution in [0, 0.1) is 13.8 Å². The van der Waals surface area contributed by atoms with Crippen LogP contribution < -0.4 is 14.9 Å². The summed E-state index contributed by atoms with van der Waals surface area (Å²) in [6.07, 6.45) is 1.56. The average molecular weight is 395 g/mol. The molecule has 0 spiro atoms. The van der Waals surface area contributed by atoms with Crippen molar-refractivity contribution in [1.29, 1.82) is 0 Å². The Morgan fingerprint density at radius 3 is 2.75 bits per heavy atom. The maximum absolute atomic E-state index is 12.2. The average Bonchev–Trinajstić information content (AvgIpc) is 3.12. The Morgan fingerprint density at radius 2 is 2.04 bits per heavy atom. The molecule has 1 aromatic heterocycles. The van der Waals surface area contributed by atoms with Crippen LogP contribution in [0.25, 0.3) is 0 Å². The number of aromatic nitrogens is 1. The summed E-state index contributed by atoms with van der Waals surface area (Å²) in [5, 5.41) is 7.01. The number of hydrazone groups is 1. The number of benzene rings is 2. The van der Waals surface area contributed by atoms with E-state index in [1.807, 2.05) is 49.6 Å². The molecule has 28 heavy (non-hydrogen) atoms. The molecule has 0 radical (unpaired) electrons. The number of rotatable bonds is 7. The van der Waals surface area contributed by atoms with Gasteiger partial charge in [0.2, 0.25) is 0 Å². The lowest BCUT2D eigenvalue weighted by Gasteiger charge is -2.10. The number of hydrogen-bond acceptors (Lipinski definition) is 6. The summed E-state index contributed by atoms with van der Waals surface area (Å²) >= 11 is 1.59. The molecule has 6 nitrogen and oxygen atoms in total. The number of carbonyl (C=O) groups is 1. The number of thiazole rings is 1. The lowest BCUT2D eigenvalue weighted by molar-refractivity contribution is 0.0954. The second-order valence-electron chi connectivity index (χ2n) is 6.07. The number of ether oxygens (including phenoxy) is 2. The zero-order valence-electron chi connectivity index (χ0n) is 15.9. The molecule has 1 amide bonds. The SMILES string of the molecule is COc1cc(/C=N\NC(=O)c2ccccc2C)ccc1OCc1csc(C)n1. The first-order valence-electron chi connectivity index (χ1n) is 8.67. The molecule has 0 atom stereocenters. The van der Waals surface area contributed by atoms with Gasteiger partial charge in [0.05, 0.1) is 24.0 Å². The second-order valence-corrected chi connectivity index (χ2v) is 7.13. The fourth-order valence-electron chi connectivity index (χ4n) is 2.56. The van der Waals surface area contributed by atoms with Crippen LogP contribution in [-0.4, -0.2) is 24.2 Å². The van der Waals surface area contributed by atoms with E-state index in [1.165, 1.54) is 0 Å². The van der Waals surface area contributed by atoms with Gasteiger partial charge in [0.15, 0.2) is 11.5 Å². The summed E-state index contributed by atoms with van der Waals surface area (Å²) in [6.45, 7) is 4.22. The van der Waals surface area contributed by atoms with E-state index in [-0.39, 0.29) is 5.91 Å². The zero-order chi connectivity index (χ0) is 19.9. The molecule has 2 aromatic carbocycles. The van der Waals surface area contributed by atoms with Crippen molar-refractivity contribution in [3.05, 3.63) is 75.2 Å². The van der Waals surface area contributed by atoms with Gasteiger partial charge in [-0.15, -0.1) is 11.3 Å². The van der Waals surface area contributed by atoms with Crippen LogP contribution in [0.15, 0.2) is 52.9 Å². The summed E-state index contributed by atoms with van der Waals surface area (Å²) in [7, 11) is 1.58. The van der Waals surface area contributed by atoms with Crippen LogP contribution in [0.5, 0.6) is 11.5 Å². The Hall–Kier alpha value is -3.19. The van der Waals surface area contributed by atoms with Crippen LogP contribution in [0.4, 0.5) is 0 Å². The van der Waals surface area contributed by atoms with Crippen molar-refractivity contribution in [2.24, 2.45) is 5.10 Å². The molecule has 1 heterocycles. The van der Waals surface area contributed by atoms with Crippen LogP contribution >= 0.6 is 11.3 Å². The lowest BCUT2D eigenvalue weighted by Crippen LogP contribution is -2.18.